The minimum absolute atomic E-state index is 0.153. The minimum Gasteiger partial charge on any atom is -0.508 e. The highest BCUT2D eigenvalue weighted by Crippen LogP contribution is 2.16. The molecule has 0 fully saturated rings. The van der Waals surface area contributed by atoms with Gasteiger partial charge in [-0.1, -0.05) is 13.0 Å². The van der Waals surface area contributed by atoms with E-state index in [9.17, 15) is 9.90 Å². The van der Waals surface area contributed by atoms with Crippen LogP contribution in [-0.4, -0.2) is 26.2 Å². The number of benzene rings is 1. The maximum atomic E-state index is 10.6. The molecule has 0 aliphatic rings. The van der Waals surface area contributed by atoms with Crippen molar-refractivity contribution in [2.75, 3.05) is 0 Å². The van der Waals surface area contributed by atoms with Gasteiger partial charge in [0.15, 0.2) is 6.29 Å². The second-order valence-corrected chi connectivity index (χ2v) is 3.29. The molecule has 82 valence electrons. The summed E-state index contributed by atoms with van der Waals surface area (Å²) in [5.74, 6) is 0.996. The van der Waals surface area contributed by atoms with E-state index in [0.29, 0.717) is 24.2 Å². The standard InChI is InChI=1S/C11H11N3O2/c1-2-11-12-10(7-15)13-14(11)8-4-3-5-9(16)6-8/h3-7,16H,2H2,1H3. The average Bonchev–Trinajstić information content (AvgIpc) is 2.72. The number of rotatable bonds is 3. The summed E-state index contributed by atoms with van der Waals surface area (Å²) < 4.78 is 1.56. The summed E-state index contributed by atoms with van der Waals surface area (Å²) in [6.07, 6.45) is 1.27. The zero-order valence-corrected chi connectivity index (χ0v) is 8.79. The lowest BCUT2D eigenvalue weighted by atomic mass is 10.3. The molecule has 0 atom stereocenters. The van der Waals surface area contributed by atoms with Crippen LogP contribution in [0.2, 0.25) is 0 Å². The van der Waals surface area contributed by atoms with E-state index in [2.05, 4.69) is 10.1 Å². The van der Waals surface area contributed by atoms with E-state index in [4.69, 9.17) is 0 Å². The first-order valence-electron chi connectivity index (χ1n) is 4.95. The predicted molar refractivity (Wildman–Crippen MR) is 57.8 cm³/mol. The van der Waals surface area contributed by atoms with Crippen molar-refractivity contribution in [2.45, 2.75) is 13.3 Å². The third-order valence-electron chi connectivity index (χ3n) is 2.19. The number of aromatic nitrogens is 3. The molecule has 0 aliphatic carbocycles. The highest BCUT2D eigenvalue weighted by atomic mass is 16.3. The number of nitrogens with zero attached hydrogens (tertiary/aromatic N) is 3. The van der Waals surface area contributed by atoms with Crippen LogP contribution >= 0.6 is 0 Å². The summed E-state index contributed by atoms with van der Waals surface area (Å²) in [6, 6.07) is 6.66. The summed E-state index contributed by atoms with van der Waals surface area (Å²) in [7, 11) is 0. The number of hydrogen-bond donors (Lipinski definition) is 1. The molecule has 2 rings (SSSR count). The lowest BCUT2D eigenvalue weighted by Crippen LogP contribution is -2.01. The van der Waals surface area contributed by atoms with Gasteiger partial charge in [0.1, 0.15) is 11.6 Å². The zero-order chi connectivity index (χ0) is 11.5. The number of aldehydes is 1. The van der Waals surface area contributed by atoms with Gasteiger partial charge in [0.25, 0.3) is 0 Å². The van der Waals surface area contributed by atoms with Crippen molar-refractivity contribution >= 4 is 6.29 Å². The van der Waals surface area contributed by atoms with Crippen molar-refractivity contribution in [3.05, 3.63) is 35.9 Å². The summed E-state index contributed by atoms with van der Waals surface area (Å²) >= 11 is 0. The second-order valence-electron chi connectivity index (χ2n) is 3.29. The van der Waals surface area contributed by atoms with Gasteiger partial charge >= 0.3 is 0 Å². The molecule has 1 aromatic heterocycles. The van der Waals surface area contributed by atoms with Crippen LogP contribution in [0.25, 0.3) is 5.69 Å². The first-order valence-corrected chi connectivity index (χ1v) is 4.95. The van der Waals surface area contributed by atoms with E-state index >= 15 is 0 Å². The smallest absolute Gasteiger partial charge is 0.214 e. The molecule has 0 aliphatic heterocycles. The van der Waals surface area contributed by atoms with Gasteiger partial charge in [-0.15, -0.1) is 5.10 Å². The SMILES string of the molecule is CCc1nc(C=O)nn1-c1cccc(O)c1. The molecule has 0 spiro atoms. The number of phenols is 1. The molecular formula is C11H11N3O2. The van der Waals surface area contributed by atoms with Gasteiger partial charge in [0.05, 0.1) is 5.69 Å². The van der Waals surface area contributed by atoms with E-state index in [0.717, 1.165) is 0 Å². The quantitative estimate of drug-likeness (QED) is 0.788. The number of aromatic hydroxyl groups is 1. The van der Waals surface area contributed by atoms with E-state index in [-0.39, 0.29) is 11.6 Å². The third kappa shape index (κ3) is 1.79. The van der Waals surface area contributed by atoms with Crippen LogP contribution in [-0.2, 0) is 6.42 Å². The number of carbonyl (C=O) groups excluding carboxylic acids is 1. The summed E-state index contributed by atoms with van der Waals surface area (Å²) in [5, 5.41) is 13.4. The molecule has 0 saturated heterocycles. The summed E-state index contributed by atoms with van der Waals surface area (Å²) in [6.45, 7) is 1.93. The Hall–Kier alpha value is -2.17. The second kappa shape index (κ2) is 4.14. The van der Waals surface area contributed by atoms with E-state index in [1.54, 1.807) is 28.9 Å². The fourth-order valence-corrected chi connectivity index (χ4v) is 1.47. The maximum Gasteiger partial charge on any atom is 0.214 e. The fraction of sp³-hybridized carbons (Fsp3) is 0.182. The average molecular weight is 217 g/mol. The molecule has 1 N–H and O–H groups in total. The van der Waals surface area contributed by atoms with Gasteiger partial charge < -0.3 is 5.11 Å². The zero-order valence-electron chi connectivity index (χ0n) is 8.79. The number of hydrogen-bond acceptors (Lipinski definition) is 4. The maximum absolute atomic E-state index is 10.6. The summed E-state index contributed by atoms with van der Waals surface area (Å²) in [5.41, 5.74) is 0.692. The molecule has 0 radical (unpaired) electrons. The molecule has 0 amide bonds. The van der Waals surface area contributed by atoms with Crippen molar-refractivity contribution in [3.8, 4) is 11.4 Å². The van der Waals surface area contributed by atoms with E-state index in [1.807, 2.05) is 6.92 Å². The van der Waals surface area contributed by atoms with Gasteiger partial charge in [-0.3, -0.25) is 4.79 Å². The molecule has 16 heavy (non-hydrogen) atoms. The largest absolute Gasteiger partial charge is 0.508 e. The van der Waals surface area contributed by atoms with Crippen LogP contribution in [0.3, 0.4) is 0 Å². The normalized spacial score (nSPS) is 10.3. The van der Waals surface area contributed by atoms with Gasteiger partial charge in [0.2, 0.25) is 5.82 Å². The molecule has 1 heterocycles. The Morgan fingerprint density at radius 2 is 2.31 bits per heavy atom. The molecule has 5 heteroatoms. The van der Waals surface area contributed by atoms with Gasteiger partial charge in [0, 0.05) is 12.5 Å². The fourth-order valence-electron chi connectivity index (χ4n) is 1.47. The molecule has 0 unspecified atom stereocenters. The Labute approximate surface area is 92.4 Å². The van der Waals surface area contributed by atoms with Crippen molar-refractivity contribution in [1.82, 2.24) is 14.8 Å². The molecule has 0 saturated carbocycles. The summed E-state index contributed by atoms with van der Waals surface area (Å²) in [4.78, 5) is 14.7. The van der Waals surface area contributed by atoms with Gasteiger partial charge in [-0.25, -0.2) is 9.67 Å². The van der Waals surface area contributed by atoms with Gasteiger partial charge in [-0.2, -0.15) is 0 Å². The third-order valence-corrected chi connectivity index (χ3v) is 2.19. The van der Waals surface area contributed by atoms with E-state index in [1.165, 1.54) is 0 Å². The molecule has 0 bridgehead atoms. The van der Waals surface area contributed by atoms with Crippen molar-refractivity contribution in [1.29, 1.82) is 0 Å². The highest BCUT2D eigenvalue weighted by molar-refractivity contribution is 5.68. The Balaban J connectivity index is 2.54. The predicted octanol–water partition coefficient (Wildman–Crippen LogP) is 1.35. The van der Waals surface area contributed by atoms with Crippen LogP contribution in [0.5, 0.6) is 5.75 Å². The monoisotopic (exact) mass is 217 g/mol. The first kappa shape index (κ1) is 10.4. The Kier molecular flexibility index (Phi) is 2.68. The molecule has 1 aromatic carbocycles. The van der Waals surface area contributed by atoms with Crippen LogP contribution in [0.1, 0.15) is 23.4 Å². The Morgan fingerprint density at radius 1 is 1.50 bits per heavy atom. The molecule has 5 nitrogen and oxygen atoms in total. The van der Waals surface area contributed by atoms with Crippen LogP contribution in [0.4, 0.5) is 0 Å². The number of phenolic OH excluding ortho intramolecular Hbond substituents is 1. The van der Waals surface area contributed by atoms with Crippen molar-refractivity contribution < 1.29 is 9.90 Å². The lowest BCUT2D eigenvalue weighted by Gasteiger charge is -2.03. The topological polar surface area (TPSA) is 68.0 Å². The Morgan fingerprint density at radius 3 is 2.94 bits per heavy atom. The van der Waals surface area contributed by atoms with Crippen molar-refractivity contribution in [2.24, 2.45) is 0 Å². The minimum atomic E-state index is 0.153. The lowest BCUT2D eigenvalue weighted by molar-refractivity contribution is 0.111. The Bertz CT molecular complexity index is 520. The first-order chi connectivity index (χ1) is 7.74. The van der Waals surface area contributed by atoms with Crippen LogP contribution in [0.15, 0.2) is 24.3 Å². The highest BCUT2D eigenvalue weighted by Gasteiger charge is 2.09. The van der Waals surface area contributed by atoms with Crippen LogP contribution in [0, 0.1) is 0 Å². The van der Waals surface area contributed by atoms with Crippen molar-refractivity contribution in [3.63, 3.8) is 0 Å². The number of aryl methyl sites for hydroxylation is 1. The molecule has 2 aromatic rings. The number of carbonyl (C=O) groups is 1. The van der Waals surface area contributed by atoms with Gasteiger partial charge in [-0.05, 0) is 12.1 Å². The molecular weight excluding hydrogens is 206 g/mol. The van der Waals surface area contributed by atoms with Crippen LogP contribution < -0.4 is 0 Å². The van der Waals surface area contributed by atoms with E-state index < -0.39 is 0 Å².